The van der Waals surface area contributed by atoms with Crippen molar-refractivity contribution in [1.29, 1.82) is 0 Å². The average molecular weight is 409 g/mol. The van der Waals surface area contributed by atoms with E-state index in [0.717, 1.165) is 6.20 Å². The third-order valence-corrected chi connectivity index (χ3v) is 4.00. The first-order valence-corrected chi connectivity index (χ1v) is 8.26. The van der Waals surface area contributed by atoms with Crippen molar-refractivity contribution < 1.29 is 23.8 Å². The van der Waals surface area contributed by atoms with E-state index in [1.165, 1.54) is 18.2 Å². The topological polar surface area (TPSA) is 81.5 Å². The highest BCUT2D eigenvalue weighted by molar-refractivity contribution is 6.34. The summed E-state index contributed by atoms with van der Waals surface area (Å²) < 4.78 is 24.1. The summed E-state index contributed by atoms with van der Waals surface area (Å²) in [5, 5.41) is 9.46. The van der Waals surface area contributed by atoms with Gasteiger partial charge in [0.15, 0.2) is 5.82 Å². The van der Waals surface area contributed by atoms with Gasteiger partial charge < -0.3 is 14.6 Å². The minimum Gasteiger partial charge on any atom is -0.449 e. The molecule has 0 fully saturated rings. The Morgan fingerprint density at radius 2 is 1.93 bits per heavy atom. The molecular weight excluding hydrogens is 398 g/mol. The highest BCUT2D eigenvalue weighted by Crippen LogP contribution is 2.36. The van der Waals surface area contributed by atoms with Crippen LogP contribution in [-0.4, -0.2) is 21.2 Å². The van der Waals surface area contributed by atoms with Gasteiger partial charge in [0.2, 0.25) is 5.75 Å². The first-order valence-electron chi connectivity index (χ1n) is 7.50. The lowest BCUT2D eigenvalue weighted by atomic mass is 10.1. The molecule has 0 radical (unpaired) electrons. The van der Waals surface area contributed by atoms with Crippen LogP contribution in [0, 0.1) is 12.7 Å². The normalized spacial score (nSPS) is 10.5. The van der Waals surface area contributed by atoms with Crippen molar-refractivity contribution in [2.24, 2.45) is 0 Å². The van der Waals surface area contributed by atoms with Crippen molar-refractivity contribution in [2.45, 2.75) is 6.92 Å². The van der Waals surface area contributed by atoms with Crippen LogP contribution in [0.25, 0.3) is 11.4 Å². The van der Waals surface area contributed by atoms with Gasteiger partial charge in [-0.2, -0.15) is 4.98 Å². The first-order chi connectivity index (χ1) is 12.8. The maximum atomic E-state index is 13.8. The lowest BCUT2D eigenvalue weighted by Gasteiger charge is -2.11. The van der Waals surface area contributed by atoms with Crippen LogP contribution in [0.2, 0.25) is 10.0 Å². The van der Waals surface area contributed by atoms with Crippen molar-refractivity contribution in [3.8, 4) is 28.8 Å². The highest BCUT2D eigenvalue weighted by atomic mass is 35.5. The van der Waals surface area contributed by atoms with Gasteiger partial charge in [-0.15, -0.1) is 0 Å². The molecule has 0 aliphatic carbocycles. The molecule has 27 heavy (non-hydrogen) atoms. The third-order valence-electron chi connectivity index (χ3n) is 3.45. The number of benzene rings is 2. The molecule has 0 atom stereocenters. The van der Waals surface area contributed by atoms with Gasteiger partial charge in [0.25, 0.3) is 5.88 Å². The first kappa shape index (κ1) is 18.9. The summed E-state index contributed by atoms with van der Waals surface area (Å²) in [5.41, 5.74) is 0.841. The number of ether oxygens (including phenoxy) is 2. The number of aryl methyl sites for hydroxylation is 1. The summed E-state index contributed by atoms with van der Waals surface area (Å²) in [6.07, 6.45) is -0.461. The van der Waals surface area contributed by atoms with Gasteiger partial charge in [0.05, 0.1) is 11.2 Å². The second-order valence-electron chi connectivity index (χ2n) is 5.37. The van der Waals surface area contributed by atoms with Crippen molar-refractivity contribution in [1.82, 2.24) is 9.97 Å². The zero-order valence-electron chi connectivity index (χ0n) is 13.7. The highest BCUT2D eigenvalue weighted by Gasteiger charge is 2.17. The number of carbonyl (C=O) groups is 1. The number of halogens is 3. The van der Waals surface area contributed by atoms with Crippen LogP contribution in [0.4, 0.5) is 9.18 Å². The molecule has 0 aliphatic rings. The molecule has 0 saturated heterocycles. The van der Waals surface area contributed by atoms with Crippen LogP contribution >= 0.6 is 23.2 Å². The Kier molecular flexibility index (Phi) is 5.43. The molecule has 3 aromatic rings. The predicted molar refractivity (Wildman–Crippen MR) is 97.4 cm³/mol. The maximum Gasteiger partial charge on any atom is 0.511 e. The van der Waals surface area contributed by atoms with Gasteiger partial charge in [0.1, 0.15) is 11.6 Å². The van der Waals surface area contributed by atoms with E-state index in [0.29, 0.717) is 16.1 Å². The number of nitrogens with zero attached hydrogens (tertiary/aromatic N) is 2. The maximum absolute atomic E-state index is 13.8. The van der Waals surface area contributed by atoms with Crippen LogP contribution in [0.3, 0.4) is 0 Å². The lowest BCUT2D eigenvalue weighted by Crippen LogP contribution is -2.06. The molecule has 0 aliphatic heterocycles. The molecule has 1 aromatic heterocycles. The van der Waals surface area contributed by atoms with E-state index in [9.17, 15) is 9.18 Å². The van der Waals surface area contributed by atoms with Crippen LogP contribution in [-0.2, 0) is 0 Å². The van der Waals surface area contributed by atoms with E-state index in [2.05, 4.69) is 14.7 Å². The number of carboxylic acid groups (broad SMARTS) is 1. The molecule has 138 valence electrons. The summed E-state index contributed by atoms with van der Waals surface area (Å²) in [7, 11) is 0. The van der Waals surface area contributed by atoms with Gasteiger partial charge in [0, 0.05) is 16.7 Å². The monoisotopic (exact) mass is 408 g/mol. The third kappa shape index (κ3) is 4.45. The molecule has 9 heteroatoms. The van der Waals surface area contributed by atoms with Crippen LogP contribution < -0.4 is 9.47 Å². The van der Waals surface area contributed by atoms with E-state index in [1.54, 1.807) is 25.1 Å². The Hall–Kier alpha value is -2.90. The molecule has 0 saturated carbocycles. The molecule has 1 heterocycles. The smallest absolute Gasteiger partial charge is 0.449 e. The second kappa shape index (κ2) is 7.77. The van der Waals surface area contributed by atoms with Crippen molar-refractivity contribution in [2.75, 3.05) is 0 Å². The Morgan fingerprint density at radius 3 is 2.63 bits per heavy atom. The molecule has 0 bridgehead atoms. The van der Waals surface area contributed by atoms with E-state index in [-0.39, 0.29) is 28.2 Å². The van der Waals surface area contributed by atoms with Crippen LogP contribution in [0.15, 0.2) is 42.6 Å². The Morgan fingerprint density at radius 1 is 1.15 bits per heavy atom. The number of rotatable bonds is 4. The van der Waals surface area contributed by atoms with Crippen LogP contribution in [0.5, 0.6) is 17.4 Å². The summed E-state index contributed by atoms with van der Waals surface area (Å²) in [5.74, 6) is -0.649. The number of hydrogen-bond donors (Lipinski definition) is 1. The van der Waals surface area contributed by atoms with E-state index in [1.807, 2.05) is 0 Å². The molecular formula is C18H11Cl2FN2O4. The summed E-state index contributed by atoms with van der Waals surface area (Å²) in [6.45, 7) is 1.62. The Labute approximate surface area is 163 Å². The molecule has 0 spiro atoms. The standard InChI is InChI=1S/C18H11Cl2FN2O4/c1-9-2-3-10(6-13(9)21)16-22-8-15(27-18(24)25)17(23-16)26-14-7-11(19)4-5-12(14)20/h2-8H,1H3,(H,24,25). The van der Waals surface area contributed by atoms with Gasteiger partial charge in [-0.3, -0.25) is 0 Å². The molecule has 3 rings (SSSR count). The van der Waals surface area contributed by atoms with Crippen molar-refractivity contribution in [3.63, 3.8) is 0 Å². The molecule has 0 unspecified atom stereocenters. The quantitative estimate of drug-likeness (QED) is 0.553. The SMILES string of the molecule is Cc1ccc(-c2ncc(OC(=O)O)c(Oc3cc(Cl)ccc3Cl)n2)cc1F. The summed E-state index contributed by atoms with van der Waals surface area (Å²) in [6, 6.07) is 8.96. The van der Waals surface area contributed by atoms with Crippen LogP contribution in [0.1, 0.15) is 5.56 Å². The minimum absolute atomic E-state index is 0.111. The largest absolute Gasteiger partial charge is 0.511 e. The van der Waals surface area contributed by atoms with E-state index >= 15 is 0 Å². The fourth-order valence-electron chi connectivity index (χ4n) is 2.12. The summed E-state index contributed by atoms with van der Waals surface area (Å²) >= 11 is 12.0. The fraction of sp³-hybridized carbons (Fsp3) is 0.0556. The lowest BCUT2D eigenvalue weighted by molar-refractivity contribution is 0.142. The van der Waals surface area contributed by atoms with E-state index in [4.69, 9.17) is 33.0 Å². The van der Waals surface area contributed by atoms with Gasteiger partial charge in [-0.25, -0.2) is 14.2 Å². The minimum atomic E-state index is -1.57. The Balaban J connectivity index is 2.06. The van der Waals surface area contributed by atoms with Gasteiger partial charge in [-0.05, 0) is 30.7 Å². The predicted octanol–water partition coefficient (Wildman–Crippen LogP) is 5.75. The Bertz CT molecular complexity index is 1030. The zero-order chi connectivity index (χ0) is 19.6. The molecule has 6 nitrogen and oxygen atoms in total. The summed E-state index contributed by atoms with van der Waals surface area (Å²) in [4.78, 5) is 19.1. The van der Waals surface area contributed by atoms with Gasteiger partial charge in [-0.1, -0.05) is 35.3 Å². The van der Waals surface area contributed by atoms with E-state index < -0.39 is 12.0 Å². The number of aromatic nitrogens is 2. The second-order valence-corrected chi connectivity index (χ2v) is 6.22. The molecule has 0 amide bonds. The average Bonchev–Trinajstić information content (AvgIpc) is 2.61. The fourth-order valence-corrected chi connectivity index (χ4v) is 2.44. The van der Waals surface area contributed by atoms with Gasteiger partial charge >= 0.3 is 6.16 Å². The zero-order valence-corrected chi connectivity index (χ0v) is 15.3. The van der Waals surface area contributed by atoms with Crippen molar-refractivity contribution in [3.05, 3.63) is 64.0 Å². The molecule has 2 aromatic carbocycles. The number of hydrogen-bond acceptors (Lipinski definition) is 5. The molecule has 1 N–H and O–H groups in total. The van der Waals surface area contributed by atoms with Crippen molar-refractivity contribution >= 4 is 29.4 Å².